The molecule has 0 aliphatic rings. The van der Waals surface area contributed by atoms with Gasteiger partial charge >= 0.3 is 0 Å². The van der Waals surface area contributed by atoms with Gasteiger partial charge in [-0.1, -0.05) is 35.4 Å². The Labute approximate surface area is 169 Å². The van der Waals surface area contributed by atoms with Gasteiger partial charge < -0.3 is 5.32 Å². The topological polar surface area (TPSA) is 75.3 Å². The normalized spacial score (nSPS) is 11.1. The summed E-state index contributed by atoms with van der Waals surface area (Å²) < 4.78 is 27.7. The minimum atomic E-state index is -3.70. The summed E-state index contributed by atoms with van der Waals surface area (Å²) in [5, 5.41) is 3.29. The maximum atomic E-state index is 12.6. The van der Waals surface area contributed by atoms with Crippen LogP contribution in [0.5, 0.6) is 0 Å². The predicted molar refractivity (Wildman–Crippen MR) is 113 cm³/mol. The number of anilines is 2. The van der Waals surface area contributed by atoms with Crippen LogP contribution in [0.1, 0.15) is 21.5 Å². The highest BCUT2D eigenvalue weighted by Gasteiger charge is 2.16. The summed E-state index contributed by atoms with van der Waals surface area (Å²) in [6.07, 6.45) is 0. The lowest BCUT2D eigenvalue weighted by molar-refractivity contribution is 0.102. The Hall–Kier alpha value is -2.83. The van der Waals surface area contributed by atoms with Gasteiger partial charge in [0.2, 0.25) is 0 Å². The molecule has 1 amide bonds. The van der Waals surface area contributed by atoms with E-state index in [2.05, 4.69) is 10.0 Å². The summed E-state index contributed by atoms with van der Waals surface area (Å²) in [6, 6.07) is 18.2. The predicted octanol–water partition coefficient (Wildman–Crippen LogP) is 5.01. The van der Waals surface area contributed by atoms with Crippen LogP contribution in [0.4, 0.5) is 11.4 Å². The highest BCUT2D eigenvalue weighted by atomic mass is 35.5. The summed E-state index contributed by atoms with van der Waals surface area (Å²) in [5.74, 6) is -0.307. The zero-order valence-electron chi connectivity index (χ0n) is 15.4. The number of hydrogen-bond donors (Lipinski definition) is 2. The van der Waals surface area contributed by atoms with E-state index in [1.165, 1.54) is 0 Å². The van der Waals surface area contributed by atoms with Crippen molar-refractivity contribution in [2.24, 2.45) is 0 Å². The zero-order chi connectivity index (χ0) is 20.3. The Kier molecular flexibility index (Phi) is 5.72. The van der Waals surface area contributed by atoms with Crippen LogP contribution in [-0.4, -0.2) is 14.3 Å². The van der Waals surface area contributed by atoms with Gasteiger partial charge in [-0.25, -0.2) is 8.42 Å². The number of nitrogens with one attached hydrogen (secondary N) is 2. The zero-order valence-corrected chi connectivity index (χ0v) is 16.9. The number of carbonyl (C=O) groups is 1. The second kappa shape index (κ2) is 8.04. The van der Waals surface area contributed by atoms with Crippen molar-refractivity contribution >= 4 is 38.9 Å². The van der Waals surface area contributed by atoms with E-state index in [9.17, 15) is 13.2 Å². The number of halogens is 1. The quantitative estimate of drug-likeness (QED) is 0.616. The van der Waals surface area contributed by atoms with E-state index in [1.54, 1.807) is 73.7 Å². The molecule has 3 aromatic carbocycles. The molecule has 0 unspecified atom stereocenters. The number of benzene rings is 3. The van der Waals surface area contributed by atoms with Crippen LogP contribution in [0.2, 0.25) is 5.02 Å². The van der Waals surface area contributed by atoms with Gasteiger partial charge in [-0.05, 0) is 67.9 Å². The lowest BCUT2D eigenvalue weighted by Gasteiger charge is -2.12. The van der Waals surface area contributed by atoms with Gasteiger partial charge in [0.05, 0.1) is 10.6 Å². The summed E-state index contributed by atoms with van der Waals surface area (Å²) in [7, 11) is -3.70. The third kappa shape index (κ3) is 4.71. The van der Waals surface area contributed by atoms with E-state index in [0.29, 0.717) is 27.5 Å². The van der Waals surface area contributed by atoms with Crippen molar-refractivity contribution in [3.63, 3.8) is 0 Å². The Morgan fingerprint density at radius 1 is 0.929 bits per heavy atom. The lowest BCUT2D eigenvalue weighted by atomic mass is 10.1. The Balaban J connectivity index is 1.78. The first-order chi connectivity index (χ1) is 13.2. The second-order valence-electron chi connectivity index (χ2n) is 6.41. The molecule has 2 N–H and O–H groups in total. The SMILES string of the molecule is Cc1ccc(S(=O)(=O)Nc2ccc(C(=O)Nc3cccc(Cl)c3)cc2C)cc1. The first-order valence-electron chi connectivity index (χ1n) is 8.52. The molecule has 7 heteroatoms. The van der Waals surface area contributed by atoms with Gasteiger partial charge in [0.25, 0.3) is 15.9 Å². The van der Waals surface area contributed by atoms with Crippen LogP contribution in [0.15, 0.2) is 71.6 Å². The third-order valence-corrected chi connectivity index (χ3v) is 5.76. The molecular weight excluding hydrogens is 396 g/mol. The number of carbonyl (C=O) groups excluding carboxylic acids is 1. The molecule has 0 fully saturated rings. The summed E-state index contributed by atoms with van der Waals surface area (Å²) in [5.41, 5.74) is 3.02. The van der Waals surface area contributed by atoms with Crippen molar-refractivity contribution in [2.75, 3.05) is 10.0 Å². The standard InChI is InChI=1S/C21H19ClN2O3S/c1-14-6-9-19(10-7-14)28(26,27)24-20-11-8-16(12-15(20)2)21(25)23-18-5-3-4-17(22)13-18/h3-13,24H,1-2H3,(H,23,25). The van der Waals surface area contributed by atoms with E-state index in [0.717, 1.165) is 5.56 Å². The summed E-state index contributed by atoms with van der Waals surface area (Å²) in [4.78, 5) is 12.6. The molecule has 0 spiro atoms. The average Bonchev–Trinajstić information content (AvgIpc) is 2.63. The van der Waals surface area contributed by atoms with E-state index in [4.69, 9.17) is 11.6 Å². The molecule has 0 aliphatic carbocycles. The van der Waals surface area contributed by atoms with Crippen LogP contribution in [0.25, 0.3) is 0 Å². The van der Waals surface area contributed by atoms with Crippen molar-refractivity contribution in [3.05, 3.63) is 88.4 Å². The number of amides is 1. The number of rotatable bonds is 5. The molecule has 0 atom stereocenters. The number of sulfonamides is 1. The molecule has 0 aliphatic heterocycles. The maximum Gasteiger partial charge on any atom is 0.261 e. The Bertz CT molecular complexity index is 1130. The van der Waals surface area contributed by atoms with E-state index in [1.807, 2.05) is 6.92 Å². The van der Waals surface area contributed by atoms with Crippen molar-refractivity contribution in [3.8, 4) is 0 Å². The average molecular weight is 415 g/mol. The molecule has 0 saturated heterocycles. The van der Waals surface area contributed by atoms with Gasteiger partial charge in [0, 0.05) is 16.3 Å². The first kappa shape index (κ1) is 19.9. The largest absolute Gasteiger partial charge is 0.322 e. The Morgan fingerprint density at radius 2 is 1.64 bits per heavy atom. The first-order valence-corrected chi connectivity index (χ1v) is 10.4. The van der Waals surface area contributed by atoms with Crippen LogP contribution in [0.3, 0.4) is 0 Å². The number of hydrogen-bond acceptors (Lipinski definition) is 3. The van der Waals surface area contributed by atoms with Crippen molar-refractivity contribution < 1.29 is 13.2 Å². The van der Waals surface area contributed by atoms with Gasteiger partial charge in [-0.15, -0.1) is 0 Å². The molecule has 0 heterocycles. The van der Waals surface area contributed by atoms with Gasteiger partial charge in [-0.2, -0.15) is 0 Å². The highest BCUT2D eigenvalue weighted by Crippen LogP contribution is 2.22. The van der Waals surface area contributed by atoms with E-state index in [-0.39, 0.29) is 10.8 Å². The van der Waals surface area contributed by atoms with Crippen molar-refractivity contribution in [1.82, 2.24) is 0 Å². The third-order valence-electron chi connectivity index (χ3n) is 4.15. The fourth-order valence-corrected chi connectivity index (χ4v) is 3.93. The Morgan fingerprint density at radius 3 is 2.29 bits per heavy atom. The summed E-state index contributed by atoms with van der Waals surface area (Å²) in [6.45, 7) is 3.63. The fraction of sp³-hybridized carbons (Fsp3) is 0.0952. The van der Waals surface area contributed by atoms with Gasteiger partial charge in [-0.3, -0.25) is 9.52 Å². The number of aryl methyl sites for hydroxylation is 2. The smallest absolute Gasteiger partial charge is 0.261 e. The molecular formula is C21H19ClN2O3S. The molecule has 28 heavy (non-hydrogen) atoms. The van der Waals surface area contributed by atoms with Crippen LogP contribution < -0.4 is 10.0 Å². The van der Waals surface area contributed by atoms with Gasteiger partial charge in [0.15, 0.2) is 0 Å². The van der Waals surface area contributed by atoms with Crippen molar-refractivity contribution in [2.45, 2.75) is 18.7 Å². The van der Waals surface area contributed by atoms with E-state index < -0.39 is 10.0 Å². The molecule has 3 aromatic rings. The minimum Gasteiger partial charge on any atom is -0.322 e. The summed E-state index contributed by atoms with van der Waals surface area (Å²) >= 11 is 5.92. The highest BCUT2D eigenvalue weighted by molar-refractivity contribution is 7.92. The maximum absolute atomic E-state index is 12.6. The van der Waals surface area contributed by atoms with Crippen LogP contribution in [0, 0.1) is 13.8 Å². The molecule has 144 valence electrons. The molecule has 0 aromatic heterocycles. The fourth-order valence-electron chi connectivity index (χ4n) is 2.61. The molecule has 5 nitrogen and oxygen atoms in total. The second-order valence-corrected chi connectivity index (χ2v) is 8.53. The molecule has 0 bridgehead atoms. The minimum absolute atomic E-state index is 0.181. The monoisotopic (exact) mass is 414 g/mol. The lowest BCUT2D eigenvalue weighted by Crippen LogP contribution is -2.15. The molecule has 0 saturated carbocycles. The van der Waals surface area contributed by atoms with Crippen LogP contribution >= 0.6 is 11.6 Å². The van der Waals surface area contributed by atoms with Crippen molar-refractivity contribution in [1.29, 1.82) is 0 Å². The van der Waals surface area contributed by atoms with Crippen LogP contribution in [-0.2, 0) is 10.0 Å². The molecule has 0 radical (unpaired) electrons. The molecule has 3 rings (SSSR count). The van der Waals surface area contributed by atoms with Gasteiger partial charge in [0.1, 0.15) is 0 Å². The van der Waals surface area contributed by atoms with E-state index >= 15 is 0 Å².